The highest BCUT2D eigenvalue weighted by Gasteiger charge is 2.26. The van der Waals surface area contributed by atoms with E-state index >= 15 is 0 Å². The van der Waals surface area contributed by atoms with Gasteiger partial charge in [-0.1, -0.05) is 18.5 Å². The minimum atomic E-state index is -0.298. The molecule has 2 rings (SSSR count). The van der Waals surface area contributed by atoms with Crippen molar-refractivity contribution in [3.8, 4) is 0 Å². The summed E-state index contributed by atoms with van der Waals surface area (Å²) in [5.41, 5.74) is 5.97. The molecule has 22 heavy (non-hydrogen) atoms. The van der Waals surface area contributed by atoms with Gasteiger partial charge in [0.2, 0.25) is 5.91 Å². The maximum atomic E-state index is 12.8. The van der Waals surface area contributed by atoms with Crippen LogP contribution in [0, 0.1) is 5.92 Å². The summed E-state index contributed by atoms with van der Waals surface area (Å²) in [6.07, 6.45) is 2.21. The van der Waals surface area contributed by atoms with E-state index < -0.39 is 0 Å². The fourth-order valence-corrected chi connectivity index (χ4v) is 3.89. The third-order valence-corrected chi connectivity index (χ3v) is 4.94. The highest BCUT2D eigenvalue weighted by molar-refractivity contribution is 7.99. The van der Waals surface area contributed by atoms with E-state index in [1.54, 1.807) is 23.9 Å². The molecule has 0 radical (unpaired) electrons. The zero-order valence-electron chi connectivity index (χ0n) is 12.7. The van der Waals surface area contributed by atoms with Crippen molar-refractivity contribution in [3.05, 3.63) is 28.8 Å². The Balaban J connectivity index is 2.15. The monoisotopic (exact) mass is 340 g/mol. The quantitative estimate of drug-likeness (QED) is 0.837. The molecule has 1 heterocycles. The van der Waals surface area contributed by atoms with E-state index in [0.717, 1.165) is 30.0 Å². The van der Waals surface area contributed by atoms with Crippen LogP contribution in [0.5, 0.6) is 0 Å². The van der Waals surface area contributed by atoms with Gasteiger partial charge in [0.25, 0.3) is 5.91 Å². The average Bonchev–Trinajstić information content (AvgIpc) is 2.47. The number of amides is 2. The van der Waals surface area contributed by atoms with E-state index in [1.807, 2.05) is 17.9 Å². The second-order valence-electron chi connectivity index (χ2n) is 5.50. The number of rotatable bonds is 5. The number of hydrogen-bond donors (Lipinski definition) is 1. The van der Waals surface area contributed by atoms with Crippen molar-refractivity contribution < 1.29 is 9.59 Å². The fourth-order valence-electron chi connectivity index (χ4n) is 2.82. The van der Waals surface area contributed by atoms with Crippen LogP contribution in [0.15, 0.2) is 23.1 Å². The summed E-state index contributed by atoms with van der Waals surface area (Å²) < 4.78 is 0. The lowest BCUT2D eigenvalue weighted by Gasteiger charge is -2.32. The molecular formula is C16H21ClN2O2S. The van der Waals surface area contributed by atoms with Gasteiger partial charge in [0.15, 0.2) is 0 Å². The SMILES string of the molecule is CCSc1cc(Cl)ccc1C(=O)N1CCC[C@H](CC(N)=O)C1. The number of hydrogen-bond acceptors (Lipinski definition) is 3. The van der Waals surface area contributed by atoms with Crippen LogP contribution in [0.4, 0.5) is 0 Å². The maximum absolute atomic E-state index is 12.8. The summed E-state index contributed by atoms with van der Waals surface area (Å²) in [7, 11) is 0. The van der Waals surface area contributed by atoms with Crippen LogP contribution in [-0.4, -0.2) is 35.6 Å². The fraction of sp³-hybridized carbons (Fsp3) is 0.500. The third-order valence-electron chi connectivity index (χ3n) is 3.77. The Labute approximate surface area is 140 Å². The van der Waals surface area contributed by atoms with Gasteiger partial charge in [-0.05, 0) is 42.7 Å². The summed E-state index contributed by atoms with van der Waals surface area (Å²) in [6, 6.07) is 5.38. The van der Waals surface area contributed by atoms with Crippen LogP contribution in [0.25, 0.3) is 0 Å². The Kier molecular flexibility index (Phi) is 6.15. The van der Waals surface area contributed by atoms with Crippen LogP contribution in [0.1, 0.15) is 36.5 Å². The number of thioether (sulfide) groups is 1. The van der Waals surface area contributed by atoms with E-state index in [9.17, 15) is 9.59 Å². The molecule has 0 unspecified atom stereocenters. The molecule has 1 atom stereocenters. The van der Waals surface area contributed by atoms with Crippen LogP contribution >= 0.6 is 23.4 Å². The predicted octanol–water partition coefficient (Wildman–Crippen LogP) is 3.18. The van der Waals surface area contributed by atoms with Crippen molar-refractivity contribution in [1.82, 2.24) is 4.90 Å². The molecule has 120 valence electrons. The highest BCUT2D eigenvalue weighted by atomic mass is 35.5. The molecule has 1 aromatic carbocycles. The van der Waals surface area contributed by atoms with Gasteiger partial charge < -0.3 is 10.6 Å². The third kappa shape index (κ3) is 4.40. The molecule has 2 amide bonds. The molecule has 1 saturated heterocycles. The van der Waals surface area contributed by atoms with E-state index in [-0.39, 0.29) is 17.7 Å². The van der Waals surface area contributed by atoms with Gasteiger partial charge in [0.05, 0.1) is 5.56 Å². The van der Waals surface area contributed by atoms with Gasteiger partial charge in [-0.3, -0.25) is 9.59 Å². The summed E-state index contributed by atoms with van der Waals surface area (Å²) in [4.78, 5) is 26.6. The van der Waals surface area contributed by atoms with Gasteiger partial charge in [0, 0.05) is 29.4 Å². The molecule has 1 aromatic rings. The molecule has 0 aromatic heterocycles. The molecule has 4 nitrogen and oxygen atoms in total. The van der Waals surface area contributed by atoms with Crippen molar-refractivity contribution in [2.45, 2.75) is 31.1 Å². The van der Waals surface area contributed by atoms with Crippen molar-refractivity contribution in [2.75, 3.05) is 18.8 Å². The molecule has 6 heteroatoms. The van der Waals surface area contributed by atoms with Gasteiger partial charge in [-0.25, -0.2) is 0 Å². The number of carbonyl (C=O) groups excluding carboxylic acids is 2. The molecule has 0 spiro atoms. The number of piperidine rings is 1. The Hall–Kier alpha value is -1.20. The zero-order valence-corrected chi connectivity index (χ0v) is 14.3. The van der Waals surface area contributed by atoms with Crippen LogP contribution < -0.4 is 5.73 Å². The molecular weight excluding hydrogens is 320 g/mol. The lowest BCUT2D eigenvalue weighted by molar-refractivity contribution is -0.119. The largest absolute Gasteiger partial charge is 0.370 e. The molecule has 0 saturated carbocycles. The minimum Gasteiger partial charge on any atom is -0.370 e. The number of halogens is 1. The number of likely N-dealkylation sites (tertiary alicyclic amines) is 1. The molecule has 0 aliphatic carbocycles. The second kappa shape index (κ2) is 7.88. The van der Waals surface area contributed by atoms with Crippen LogP contribution in [-0.2, 0) is 4.79 Å². The van der Waals surface area contributed by atoms with E-state index in [4.69, 9.17) is 17.3 Å². The van der Waals surface area contributed by atoms with Gasteiger partial charge in [-0.2, -0.15) is 0 Å². The average molecular weight is 341 g/mol. The number of primary amides is 1. The first kappa shape index (κ1) is 17.2. The summed E-state index contributed by atoms with van der Waals surface area (Å²) >= 11 is 7.65. The minimum absolute atomic E-state index is 0.0155. The summed E-state index contributed by atoms with van der Waals surface area (Å²) in [6.45, 7) is 3.37. The Morgan fingerprint density at radius 1 is 1.45 bits per heavy atom. The van der Waals surface area contributed by atoms with Gasteiger partial charge >= 0.3 is 0 Å². The highest BCUT2D eigenvalue weighted by Crippen LogP contribution is 2.29. The molecule has 2 N–H and O–H groups in total. The number of nitrogens with zero attached hydrogens (tertiary/aromatic N) is 1. The summed E-state index contributed by atoms with van der Waals surface area (Å²) in [5.74, 6) is 0.768. The smallest absolute Gasteiger partial charge is 0.255 e. The summed E-state index contributed by atoms with van der Waals surface area (Å²) in [5, 5.41) is 0.637. The van der Waals surface area contributed by atoms with E-state index in [0.29, 0.717) is 23.6 Å². The van der Waals surface area contributed by atoms with E-state index in [1.165, 1.54) is 0 Å². The first-order chi connectivity index (χ1) is 10.5. The lowest BCUT2D eigenvalue weighted by atomic mass is 9.94. The van der Waals surface area contributed by atoms with E-state index in [2.05, 4.69) is 0 Å². The predicted molar refractivity (Wildman–Crippen MR) is 90.3 cm³/mol. The normalized spacial score (nSPS) is 18.3. The topological polar surface area (TPSA) is 63.4 Å². The molecule has 0 bridgehead atoms. The first-order valence-corrected chi connectivity index (χ1v) is 8.87. The van der Waals surface area contributed by atoms with Gasteiger partial charge in [-0.15, -0.1) is 11.8 Å². The van der Waals surface area contributed by atoms with Crippen molar-refractivity contribution in [1.29, 1.82) is 0 Å². The number of carbonyl (C=O) groups is 2. The zero-order chi connectivity index (χ0) is 16.1. The van der Waals surface area contributed by atoms with Crippen LogP contribution in [0.2, 0.25) is 5.02 Å². The number of nitrogens with two attached hydrogens (primary N) is 1. The first-order valence-electron chi connectivity index (χ1n) is 7.51. The Bertz CT molecular complexity index is 565. The standard InChI is InChI=1S/C16H21ClN2O2S/c1-2-22-14-9-12(17)5-6-13(14)16(21)19-7-3-4-11(10-19)8-15(18)20/h5-6,9,11H,2-4,7-8,10H2,1H3,(H2,18,20)/t11-/m1/s1. The second-order valence-corrected chi connectivity index (χ2v) is 7.25. The Morgan fingerprint density at radius 3 is 2.91 bits per heavy atom. The lowest BCUT2D eigenvalue weighted by Crippen LogP contribution is -2.41. The molecule has 1 aliphatic rings. The van der Waals surface area contributed by atoms with Gasteiger partial charge in [0.1, 0.15) is 0 Å². The molecule has 1 fully saturated rings. The maximum Gasteiger partial charge on any atom is 0.255 e. The van der Waals surface area contributed by atoms with Crippen LogP contribution in [0.3, 0.4) is 0 Å². The number of benzene rings is 1. The Morgan fingerprint density at radius 2 is 2.23 bits per heavy atom. The molecule has 1 aliphatic heterocycles. The van der Waals surface area contributed by atoms with Crippen molar-refractivity contribution >= 4 is 35.2 Å². The van der Waals surface area contributed by atoms with Crippen molar-refractivity contribution in [2.24, 2.45) is 11.7 Å². The van der Waals surface area contributed by atoms with Crippen molar-refractivity contribution in [3.63, 3.8) is 0 Å².